The molecule has 0 saturated heterocycles. The number of hydrogen-bond acceptors (Lipinski definition) is 2. The van der Waals surface area contributed by atoms with E-state index in [4.69, 9.17) is 4.98 Å². The minimum absolute atomic E-state index is 0.104. The molecule has 3 aromatic carbocycles. The smallest absolute Gasteiger partial charge is 0.247 e. The highest BCUT2D eigenvalue weighted by Crippen LogP contribution is 2.29. The molecule has 138 valence electrons. The first kappa shape index (κ1) is 16.8. The topological polar surface area (TPSA) is 38.1 Å². The Balaban J connectivity index is 1.56. The zero-order valence-corrected chi connectivity index (χ0v) is 15.6. The molecular weight excluding hydrogens is 346 g/mol. The number of amides is 1. The highest BCUT2D eigenvalue weighted by molar-refractivity contribution is 5.96. The number of carbonyl (C=O) groups excluding carboxylic acids is 1. The molecule has 1 aliphatic rings. The van der Waals surface area contributed by atoms with Gasteiger partial charge in [-0.15, -0.1) is 0 Å². The van der Waals surface area contributed by atoms with Crippen LogP contribution in [0.5, 0.6) is 0 Å². The summed E-state index contributed by atoms with van der Waals surface area (Å²) in [6.45, 7) is 1.04. The lowest BCUT2D eigenvalue weighted by Crippen LogP contribution is -2.37. The number of carbonyl (C=O) groups is 1. The van der Waals surface area contributed by atoms with E-state index in [9.17, 15) is 4.79 Å². The van der Waals surface area contributed by atoms with Gasteiger partial charge in [-0.2, -0.15) is 0 Å². The molecule has 28 heavy (non-hydrogen) atoms. The number of aromatic nitrogens is 2. The normalized spacial score (nSPS) is 13.5. The quantitative estimate of drug-likeness (QED) is 0.527. The van der Waals surface area contributed by atoms with Gasteiger partial charge in [0.05, 0.1) is 11.0 Å². The van der Waals surface area contributed by atoms with Gasteiger partial charge in [-0.25, -0.2) is 4.98 Å². The Morgan fingerprint density at radius 2 is 1.64 bits per heavy atom. The number of rotatable bonds is 3. The molecule has 0 radical (unpaired) electrons. The van der Waals surface area contributed by atoms with Crippen LogP contribution in [0.4, 0.5) is 5.69 Å². The Morgan fingerprint density at radius 1 is 0.893 bits per heavy atom. The van der Waals surface area contributed by atoms with Crippen LogP contribution in [0.2, 0.25) is 0 Å². The summed E-state index contributed by atoms with van der Waals surface area (Å²) < 4.78 is 2.05. The van der Waals surface area contributed by atoms with E-state index >= 15 is 0 Å². The number of para-hydroxylation sites is 3. The second-order valence-electron chi connectivity index (χ2n) is 7.15. The molecule has 1 aliphatic heterocycles. The third-order valence-corrected chi connectivity index (χ3v) is 5.39. The number of nitrogens with zero attached hydrogens (tertiary/aromatic N) is 3. The van der Waals surface area contributed by atoms with Crippen LogP contribution in [0.3, 0.4) is 0 Å². The van der Waals surface area contributed by atoms with Gasteiger partial charge in [-0.3, -0.25) is 4.79 Å². The van der Waals surface area contributed by atoms with E-state index in [0.717, 1.165) is 47.5 Å². The Hall–Kier alpha value is -3.40. The van der Waals surface area contributed by atoms with E-state index in [0.29, 0.717) is 0 Å². The summed E-state index contributed by atoms with van der Waals surface area (Å²) in [6.07, 6.45) is 2.03. The molecule has 4 aromatic rings. The molecule has 2 heterocycles. The van der Waals surface area contributed by atoms with Crippen molar-refractivity contribution >= 4 is 22.6 Å². The SMILES string of the molecule is O=C(Cn1c(-c2ccccc2)nc2ccccc21)N1CCCc2ccccc21. The number of fused-ring (bicyclic) bond motifs is 2. The summed E-state index contributed by atoms with van der Waals surface area (Å²) in [4.78, 5) is 20.1. The Labute approximate surface area is 164 Å². The van der Waals surface area contributed by atoms with E-state index in [2.05, 4.69) is 12.1 Å². The molecule has 0 spiro atoms. The van der Waals surface area contributed by atoms with Crippen LogP contribution in [0.15, 0.2) is 78.9 Å². The molecule has 0 N–H and O–H groups in total. The second kappa shape index (κ2) is 6.97. The summed E-state index contributed by atoms with van der Waals surface area (Å²) in [5, 5.41) is 0. The first-order valence-electron chi connectivity index (χ1n) is 9.70. The maximum Gasteiger partial charge on any atom is 0.247 e. The van der Waals surface area contributed by atoms with Crippen molar-refractivity contribution in [2.75, 3.05) is 11.4 Å². The van der Waals surface area contributed by atoms with Gasteiger partial charge in [0, 0.05) is 17.8 Å². The van der Waals surface area contributed by atoms with Crippen LogP contribution in [-0.4, -0.2) is 22.0 Å². The molecule has 4 heteroatoms. The Kier molecular flexibility index (Phi) is 4.17. The number of hydrogen-bond donors (Lipinski definition) is 0. The first-order chi connectivity index (χ1) is 13.8. The first-order valence-corrected chi connectivity index (χ1v) is 9.70. The minimum atomic E-state index is 0.104. The predicted octanol–water partition coefficient (Wildman–Crippen LogP) is 4.68. The van der Waals surface area contributed by atoms with Crippen LogP contribution < -0.4 is 4.90 Å². The maximum atomic E-state index is 13.3. The highest BCUT2D eigenvalue weighted by Gasteiger charge is 2.24. The van der Waals surface area contributed by atoms with Crippen LogP contribution >= 0.6 is 0 Å². The summed E-state index contributed by atoms with van der Waals surface area (Å²) in [5.74, 6) is 0.938. The van der Waals surface area contributed by atoms with Gasteiger partial charge in [-0.1, -0.05) is 60.7 Å². The van der Waals surface area contributed by atoms with E-state index < -0.39 is 0 Å². The number of benzene rings is 3. The van der Waals surface area contributed by atoms with Crippen molar-refractivity contribution < 1.29 is 4.79 Å². The zero-order valence-electron chi connectivity index (χ0n) is 15.6. The Bertz CT molecular complexity index is 1150. The molecule has 4 nitrogen and oxygen atoms in total. The largest absolute Gasteiger partial charge is 0.314 e. The van der Waals surface area contributed by atoms with E-state index in [1.165, 1.54) is 5.56 Å². The molecule has 5 rings (SSSR count). The standard InChI is InChI=1S/C24H21N3O/c28-23(26-16-8-12-18-9-4-6-14-21(18)26)17-27-22-15-7-5-13-20(22)25-24(27)19-10-2-1-3-11-19/h1-7,9-11,13-15H,8,12,16-17H2. The maximum absolute atomic E-state index is 13.3. The molecule has 0 aliphatic carbocycles. The van der Waals surface area contributed by atoms with Gasteiger partial charge in [0.15, 0.2) is 0 Å². The average molecular weight is 367 g/mol. The summed E-state index contributed by atoms with van der Waals surface area (Å²) in [6, 6.07) is 26.3. The van der Waals surface area contributed by atoms with Gasteiger partial charge in [0.25, 0.3) is 0 Å². The van der Waals surface area contributed by atoms with Crippen molar-refractivity contribution in [2.45, 2.75) is 19.4 Å². The summed E-state index contributed by atoms with van der Waals surface area (Å²) in [7, 11) is 0. The van der Waals surface area contributed by atoms with Gasteiger partial charge < -0.3 is 9.47 Å². The zero-order chi connectivity index (χ0) is 18.9. The molecule has 0 saturated carbocycles. The fraction of sp³-hybridized carbons (Fsp3) is 0.167. The third-order valence-electron chi connectivity index (χ3n) is 5.39. The second-order valence-corrected chi connectivity index (χ2v) is 7.15. The number of aryl methyl sites for hydroxylation is 1. The molecule has 0 atom stereocenters. The van der Waals surface area contributed by atoms with Gasteiger partial charge in [0.2, 0.25) is 5.91 Å². The predicted molar refractivity (Wildman–Crippen MR) is 112 cm³/mol. The van der Waals surface area contributed by atoms with E-state index in [-0.39, 0.29) is 12.5 Å². The van der Waals surface area contributed by atoms with Gasteiger partial charge >= 0.3 is 0 Å². The summed E-state index contributed by atoms with van der Waals surface area (Å²) in [5.41, 5.74) is 5.21. The lowest BCUT2D eigenvalue weighted by molar-refractivity contribution is -0.119. The van der Waals surface area contributed by atoms with Crippen molar-refractivity contribution in [3.63, 3.8) is 0 Å². The molecule has 0 bridgehead atoms. The van der Waals surface area contributed by atoms with Crippen molar-refractivity contribution in [3.05, 3.63) is 84.4 Å². The van der Waals surface area contributed by atoms with Gasteiger partial charge in [0.1, 0.15) is 12.4 Å². The van der Waals surface area contributed by atoms with Crippen LogP contribution in [0.25, 0.3) is 22.4 Å². The molecule has 0 fully saturated rings. The van der Waals surface area contributed by atoms with Crippen molar-refractivity contribution in [1.82, 2.24) is 9.55 Å². The molecular formula is C24H21N3O. The van der Waals surface area contributed by atoms with Crippen LogP contribution in [0.1, 0.15) is 12.0 Å². The molecule has 1 amide bonds. The lowest BCUT2D eigenvalue weighted by atomic mass is 10.0. The van der Waals surface area contributed by atoms with Gasteiger partial charge in [-0.05, 0) is 36.6 Å². The number of anilines is 1. The lowest BCUT2D eigenvalue weighted by Gasteiger charge is -2.29. The van der Waals surface area contributed by atoms with E-state index in [1.807, 2.05) is 76.2 Å². The average Bonchev–Trinajstić information content (AvgIpc) is 3.12. The fourth-order valence-electron chi connectivity index (χ4n) is 4.06. The highest BCUT2D eigenvalue weighted by atomic mass is 16.2. The van der Waals surface area contributed by atoms with Crippen molar-refractivity contribution in [2.24, 2.45) is 0 Å². The van der Waals surface area contributed by atoms with Crippen molar-refractivity contribution in [3.8, 4) is 11.4 Å². The third kappa shape index (κ3) is 2.87. The number of imidazole rings is 1. The molecule has 0 unspecified atom stereocenters. The minimum Gasteiger partial charge on any atom is -0.314 e. The van der Waals surface area contributed by atoms with Crippen molar-refractivity contribution in [1.29, 1.82) is 0 Å². The van der Waals surface area contributed by atoms with Crippen LogP contribution in [-0.2, 0) is 17.8 Å². The molecule has 1 aromatic heterocycles. The summed E-state index contributed by atoms with van der Waals surface area (Å²) >= 11 is 0. The fourth-order valence-corrected chi connectivity index (χ4v) is 4.06. The van der Waals surface area contributed by atoms with E-state index in [1.54, 1.807) is 0 Å². The van der Waals surface area contributed by atoms with Crippen LogP contribution in [0, 0.1) is 0 Å². The monoisotopic (exact) mass is 367 g/mol. The Morgan fingerprint density at radius 3 is 2.54 bits per heavy atom.